The van der Waals surface area contributed by atoms with Gasteiger partial charge in [0, 0.05) is 0 Å². The van der Waals surface area contributed by atoms with Crippen LogP contribution in [-0.2, 0) is 9.59 Å². The van der Waals surface area contributed by atoms with Gasteiger partial charge in [0.05, 0.1) is 5.69 Å². The third kappa shape index (κ3) is 3.62. The second-order valence-electron chi connectivity index (χ2n) is 6.10. The maximum Gasteiger partial charge on any atom is 0.335 e. The molecule has 1 heterocycles. The average molecular weight is 346 g/mol. The third-order valence-corrected chi connectivity index (χ3v) is 3.92. The van der Waals surface area contributed by atoms with E-state index in [0.717, 1.165) is 21.6 Å². The lowest BCUT2D eigenvalue weighted by atomic mass is 10.1. The first-order chi connectivity index (χ1) is 12.5. The highest BCUT2D eigenvalue weighted by molar-refractivity contribution is 6.37. The van der Waals surface area contributed by atoms with Crippen LogP contribution < -0.4 is 10.2 Å². The summed E-state index contributed by atoms with van der Waals surface area (Å²) >= 11 is 0. The van der Waals surface area contributed by atoms with E-state index in [0.29, 0.717) is 5.69 Å². The number of nitrogens with zero attached hydrogens (tertiary/aromatic N) is 1. The Labute approximate surface area is 151 Å². The molecule has 0 bridgehead atoms. The third-order valence-electron chi connectivity index (χ3n) is 3.92. The maximum atomic E-state index is 12.8. The van der Waals surface area contributed by atoms with Crippen LogP contribution in [0.25, 0.3) is 6.08 Å². The molecule has 1 fully saturated rings. The predicted octanol–water partition coefficient (Wildman–Crippen LogP) is 3.53. The molecule has 3 rings (SSSR count). The predicted molar refractivity (Wildman–Crippen MR) is 100 cm³/mol. The Morgan fingerprint density at radius 2 is 1.58 bits per heavy atom. The molecule has 5 heteroatoms. The molecule has 1 aliphatic heterocycles. The van der Waals surface area contributed by atoms with Gasteiger partial charge < -0.3 is 0 Å². The molecule has 5 nitrogen and oxygen atoms in total. The van der Waals surface area contributed by atoms with Gasteiger partial charge in [-0.05, 0) is 48.7 Å². The number of hydrogen-bond acceptors (Lipinski definition) is 3. The van der Waals surface area contributed by atoms with Crippen molar-refractivity contribution in [3.63, 3.8) is 0 Å². The summed E-state index contributed by atoms with van der Waals surface area (Å²) in [6.07, 6.45) is 4.83. The van der Waals surface area contributed by atoms with Gasteiger partial charge in [0.1, 0.15) is 5.57 Å². The highest BCUT2D eigenvalue weighted by Crippen LogP contribution is 2.23. The minimum Gasteiger partial charge on any atom is -0.273 e. The lowest BCUT2D eigenvalue weighted by molar-refractivity contribution is -0.122. The molecule has 1 aliphatic rings. The van der Waals surface area contributed by atoms with Gasteiger partial charge in [0.15, 0.2) is 0 Å². The SMILES string of the molecule is Cc1cc(C)cc(N2C(=O)NC(=O)/C(=C/C=C/c3ccccc3)C2=O)c1. The van der Waals surface area contributed by atoms with Crippen molar-refractivity contribution < 1.29 is 14.4 Å². The number of aryl methyl sites for hydroxylation is 2. The van der Waals surface area contributed by atoms with E-state index >= 15 is 0 Å². The van der Waals surface area contributed by atoms with Crippen molar-refractivity contribution in [2.75, 3.05) is 4.90 Å². The molecule has 0 radical (unpaired) electrons. The summed E-state index contributed by atoms with van der Waals surface area (Å²) in [7, 11) is 0. The number of benzene rings is 2. The number of carbonyl (C=O) groups excluding carboxylic acids is 3. The van der Waals surface area contributed by atoms with Gasteiger partial charge in [-0.25, -0.2) is 9.69 Å². The summed E-state index contributed by atoms with van der Waals surface area (Å²) < 4.78 is 0. The first-order valence-electron chi connectivity index (χ1n) is 8.17. The van der Waals surface area contributed by atoms with Crippen molar-refractivity contribution in [3.05, 3.63) is 82.9 Å². The number of amides is 4. The van der Waals surface area contributed by atoms with Gasteiger partial charge in [-0.3, -0.25) is 14.9 Å². The van der Waals surface area contributed by atoms with Crippen LogP contribution in [0, 0.1) is 13.8 Å². The molecule has 1 saturated heterocycles. The van der Waals surface area contributed by atoms with E-state index in [1.54, 1.807) is 24.3 Å². The van der Waals surface area contributed by atoms with E-state index in [-0.39, 0.29) is 5.57 Å². The number of imide groups is 2. The van der Waals surface area contributed by atoms with E-state index in [4.69, 9.17) is 0 Å². The van der Waals surface area contributed by atoms with Gasteiger partial charge >= 0.3 is 6.03 Å². The fourth-order valence-corrected chi connectivity index (χ4v) is 2.81. The molecule has 2 aromatic rings. The lowest BCUT2D eigenvalue weighted by Gasteiger charge is -2.26. The van der Waals surface area contributed by atoms with Gasteiger partial charge in [-0.2, -0.15) is 0 Å². The second kappa shape index (κ2) is 7.19. The van der Waals surface area contributed by atoms with Crippen molar-refractivity contribution in [2.24, 2.45) is 0 Å². The van der Waals surface area contributed by atoms with Gasteiger partial charge in [0.25, 0.3) is 11.8 Å². The van der Waals surface area contributed by atoms with Crippen LogP contribution in [0.2, 0.25) is 0 Å². The van der Waals surface area contributed by atoms with Gasteiger partial charge in [0.2, 0.25) is 0 Å². The number of nitrogens with one attached hydrogen (secondary N) is 1. The summed E-state index contributed by atoms with van der Waals surface area (Å²) in [6, 6.07) is 14.2. The Bertz CT molecular complexity index is 923. The Hall–Kier alpha value is -3.47. The number of urea groups is 1. The summed E-state index contributed by atoms with van der Waals surface area (Å²) in [5, 5.41) is 2.22. The zero-order valence-corrected chi connectivity index (χ0v) is 14.5. The molecule has 0 saturated carbocycles. The summed E-state index contributed by atoms with van der Waals surface area (Å²) in [5.41, 5.74) is 3.14. The smallest absolute Gasteiger partial charge is 0.273 e. The van der Waals surface area contributed by atoms with Crippen molar-refractivity contribution in [1.29, 1.82) is 0 Å². The Balaban J connectivity index is 1.93. The fraction of sp³-hybridized carbons (Fsp3) is 0.0952. The molecule has 0 atom stereocenters. The Kier molecular flexibility index (Phi) is 4.80. The fourth-order valence-electron chi connectivity index (χ4n) is 2.81. The summed E-state index contributed by atoms with van der Waals surface area (Å²) in [4.78, 5) is 38.0. The highest BCUT2D eigenvalue weighted by atomic mass is 16.2. The number of rotatable bonds is 3. The van der Waals surface area contributed by atoms with Crippen molar-refractivity contribution in [1.82, 2.24) is 5.32 Å². The summed E-state index contributed by atoms with van der Waals surface area (Å²) in [6.45, 7) is 3.76. The van der Waals surface area contributed by atoms with Crippen LogP contribution in [0.3, 0.4) is 0 Å². The van der Waals surface area contributed by atoms with Crippen molar-refractivity contribution >= 4 is 29.6 Å². The van der Waals surface area contributed by atoms with E-state index in [1.807, 2.05) is 50.2 Å². The minimum atomic E-state index is -0.741. The standard InChI is InChI=1S/C21H18N2O3/c1-14-11-15(2)13-17(12-14)23-20(25)18(19(24)22-21(23)26)10-6-9-16-7-4-3-5-8-16/h3-13H,1-2H3,(H,22,24,26)/b9-6+,18-10-. The zero-order chi connectivity index (χ0) is 18.7. The first-order valence-corrected chi connectivity index (χ1v) is 8.17. The van der Waals surface area contributed by atoms with Crippen molar-refractivity contribution in [2.45, 2.75) is 13.8 Å². The first kappa shape index (κ1) is 17.4. The van der Waals surface area contributed by atoms with E-state index in [1.165, 1.54) is 6.08 Å². The topological polar surface area (TPSA) is 66.5 Å². The quantitative estimate of drug-likeness (QED) is 0.683. The second-order valence-corrected chi connectivity index (χ2v) is 6.10. The number of carbonyl (C=O) groups is 3. The van der Waals surface area contributed by atoms with E-state index in [2.05, 4.69) is 5.32 Å². The zero-order valence-electron chi connectivity index (χ0n) is 14.5. The Morgan fingerprint density at radius 1 is 0.923 bits per heavy atom. The van der Waals surface area contributed by atoms with Crippen LogP contribution in [0.15, 0.2) is 66.3 Å². The molecule has 4 amide bonds. The lowest BCUT2D eigenvalue weighted by Crippen LogP contribution is -2.54. The normalized spacial score (nSPS) is 16.5. The van der Waals surface area contributed by atoms with Crippen LogP contribution >= 0.6 is 0 Å². The van der Waals surface area contributed by atoms with Crippen LogP contribution in [0.1, 0.15) is 16.7 Å². The largest absolute Gasteiger partial charge is 0.335 e. The highest BCUT2D eigenvalue weighted by Gasteiger charge is 2.36. The molecule has 0 unspecified atom stereocenters. The van der Waals surface area contributed by atoms with E-state index in [9.17, 15) is 14.4 Å². The van der Waals surface area contributed by atoms with Gasteiger partial charge in [-0.15, -0.1) is 0 Å². The molecule has 130 valence electrons. The van der Waals surface area contributed by atoms with Crippen LogP contribution in [-0.4, -0.2) is 17.8 Å². The summed E-state index contributed by atoms with van der Waals surface area (Å²) in [5.74, 6) is -1.33. The number of anilines is 1. The number of allylic oxidation sites excluding steroid dienone is 2. The minimum absolute atomic E-state index is 0.0871. The van der Waals surface area contributed by atoms with Crippen LogP contribution in [0.5, 0.6) is 0 Å². The van der Waals surface area contributed by atoms with E-state index < -0.39 is 17.8 Å². The molecule has 0 aromatic heterocycles. The molecule has 2 aromatic carbocycles. The molecular weight excluding hydrogens is 328 g/mol. The molecule has 26 heavy (non-hydrogen) atoms. The Morgan fingerprint density at radius 3 is 2.23 bits per heavy atom. The molecule has 0 spiro atoms. The number of barbiturate groups is 1. The van der Waals surface area contributed by atoms with Crippen LogP contribution in [0.4, 0.5) is 10.5 Å². The monoisotopic (exact) mass is 346 g/mol. The molecule has 1 N–H and O–H groups in total. The molecular formula is C21H18N2O3. The van der Waals surface area contributed by atoms with Gasteiger partial charge in [-0.1, -0.05) is 48.6 Å². The maximum absolute atomic E-state index is 12.8. The molecule has 0 aliphatic carbocycles. The number of hydrogen-bond donors (Lipinski definition) is 1. The average Bonchev–Trinajstić information content (AvgIpc) is 2.57. The van der Waals surface area contributed by atoms with Crippen molar-refractivity contribution in [3.8, 4) is 0 Å².